The monoisotopic (exact) mass is 500 g/mol. The second-order valence-corrected chi connectivity index (χ2v) is 6.28. The van der Waals surface area contributed by atoms with Crippen LogP contribution in [0.2, 0.25) is 0 Å². The number of hydrogen-bond donors (Lipinski definition) is 2. The molecule has 1 aromatic rings. The number of aliphatic imine (C=N–C) groups is 1. The van der Waals surface area contributed by atoms with E-state index in [1.165, 1.54) is 38.5 Å². The first kappa shape index (κ1) is 23.8. The fourth-order valence-electron chi connectivity index (χ4n) is 3.02. The second kappa shape index (κ2) is 11.6. The van der Waals surface area contributed by atoms with Crippen LogP contribution in [-0.4, -0.2) is 51.2 Å². The largest absolute Gasteiger partial charge is 0.497 e. The lowest BCUT2D eigenvalue weighted by atomic mass is 10.1. The minimum atomic E-state index is -4.43. The average Bonchev–Trinajstić information content (AvgIpc) is 2.64. The van der Waals surface area contributed by atoms with E-state index in [0.29, 0.717) is 12.5 Å². The molecule has 1 aromatic carbocycles. The van der Waals surface area contributed by atoms with Crippen LogP contribution in [0.1, 0.15) is 30.4 Å². The zero-order valence-electron chi connectivity index (χ0n) is 15.7. The minimum absolute atomic E-state index is 0. The SMILES string of the molecule is CN=C(NCCN1CCCCC1)NCc1ccc(OC)cc1C(F)(F)F.I. The Labute approximate surface area is 175 Å². The topological polar surface area (TPSA) is 48.9 Å². The number of halogens is 4. The molecule has 5 nitrogen and oxygen atoms in total. The van der Waals surface area contributed by atoms with Crippen LogP contribution in [0.15, 0.2) is 23.2 Å². The van der Waals surface area contributed by atoms with Crippen molar-refractivity contribution in [3.8, 4) is 5.75 Å². The van der Waals surface area contributed by atoms with E-state index in [2.05, 4.69) is 20.5 Å². The Bertz CT molecular complexity index is 605. The van der Waals surface area contributed by atoms with Crippen molar-refractivity contribution in [2.75, 3.05) is 40.3 Å². The maximum absolute atomic E-state index is 13.2. The first-order valence-corrected chi connectivity index (χ1v) is 8.85. The molecule has 0 aromatic heterocycles. The summed E-state index contributed by atoms with van der Waals surface area (Å²) in [6.07, 6.45) is -0.692. The van der Waals surface area contributed by atoms with Crippen molar-refractivity contribution in [2.45, 2.75) is 32.0 Å². The van der Waals surface area contributed by atoms with E-state index in [1.54, 1.807) is 7.05 Å². The van der Waals surface area contributed by atoms with Gasteiger partial charge in [-0.3, -0.25) is 4.99 Å². The number of nitrogens with one attached hydrogen (secondary N) is 2. The molecule has 27 heavy (non-hydrogen) atoms. The molecular weight excluding hydrogens is 472 g/mol. The third kappa shape index (κ3) is 7.73. The van der Waals surface area contributed by atoms with Crippen molar-refractivity contribution in [1.29, 1.82) is 0 Å². The lowest BCUT2D eigenvalue weighted by molar-refractivity contribution is -0.138. The Kier molecular flexibility index (Phi) is 10.2. The standard InChI is InChI=1S/C18H27F3N4O.HI/c1-22-17(23-8-11-25-9-4-3-5-10-25)24-13-14-6-7-15(26-2)12-16(14)18(19,20)21;/h6-7,12H,3-5,8-11,13H2,1-2H3,(H2,22,23,24);1H. The van der Waals surface area contributed by atoms with Gasteiger partial charge in [-0.25, -0.2) is 0 Å². The minimum Gasteiger partial charge on any atom is -0.497 e. The Morgan fingerprint density at radius 2 is 1.89 bits per heavy atom. The van der Waals surface area contributed by atoms with Gasteiger partial charge in [0.25, 0.3) is 0 Å². The van der Waals surface area contributed by atoms with E-state index in [-0.39, 0.29) is 41.8 Å². The molecular formula is C18H28F3IN4O. The fourth-order valence-corrected chi connectivity index (χ4v) is 3.02. The number of likely N-dealkylation sites (tertiary alicyclic amines) is 1. The second-order valence-electron chi connectivity index (χ2n) is 6.28. The van der Waals surface area contributed by atoms with Crippen LogP contribution in [-0.2, 0) is 12.7 Å². The molecule has 1 heterocycles. The molecule has 0 amide bonds. The zero-order chi connectivity index (χ0) is 19.0. The third-order valence-corrected chi connectivity index (χ3v) is 4.46. The normalized spacial score (nSPS) is 15.8. The van der Waals surface area contributed by atoms with Gasteiger partial charge in [-0.05, 0) is 43.6 Å². The molecule has 1 saturated heterocycles. The number of alkyl halides is 3. The molecule has 1 aliphatic rings. The number of ether oxygens (including phenoxy) is 1. The van der Waals surface area contributed by atoms with Crippen molar-refractivity contribution < 1.29 is 17.9 Å². The van der Waals surface area contributed by atoms with Crippen LogP contribution in [0, 0.1) is 0 Å². The predicted octanol–water partition coefficient (Wildman–Crippen LogP) is 3.48. The highest BCUT2D eigenvalue weighted by Gasteiger charge is 2.33. The number of hydrogen-bond acceptors (Lipinski definition) is 3. The van der Waals surface area contributed by atoms with Crippen LogP contribution in [0.4, 0.5) is 13.2 Å². The highest BCUT2D eigenvalue weighted by molar-refractivity contribution is 14.0. The number of piperidine rings is 1. The maximum Gasteiger partial charge on any atom is 0.416 e. The molecule has 1 aliphatic heterocycles. The quantitative estimate of drug-likeness (QED) is 0.357. The molecule has 1 fully saturated rings. The number of rotatable bonds is 6. The lowest BCUT2D eigenvalue weighted by Gasteiger charge is -2.26. The summed E-state index contributed by atoms with van der Waals surface area (Å²) in [5.74, 6) is 0.677. The molecule has 154 valence electrons. The zero-order valence-corrected chi connectivity index (χ0v) is 18.1. The van der Waals surface area contributed by atoms with Gasteiger partial charge in [-0.2, -0.15) is 13.2 Å². The van der Waals surface area contributed by atoms with Gasteiger partial charge in [0.05, 0.1) is 12.7 Å². The van der Waals surface area contributed by atoms with Crippen molar-refractivity contribution >= 4 is 29.9 Å². The highest BCUT2D eigenvalue weighted by atomic mass is 127. The summed E-state index contributed by atoms with van der Waals surface area (Å²) in [5.41, 5.74) is -0.551. The summed E-state index contributed by atoms with van der Waals surface area (Å²) < 4.78 is 44.6. The van der Waals surface area contributed by atoms with E-state index in [0.717, 1.165) is 25.7 Å². The van der Waals surface area contributed by atoms with Crippen molar-refractivity contribution in [3.63, 3.8) is 0 Å². The summed E-state index contributed by atoms with van der Waals surface area (Å²) in [6.45, 7) is 3.84. The Morgan fingerprint density at radius 1 is 1.19 bits per heavy atom. The first-order valence-electron chi connectivity index (χ1n) is 8.85. The molecule has 2 N–H and O–H groups in total. The van der Waals surface area contributed by atoms with Gasteiger partial charge in [-0.1, -0.05) is 12.5 Å². The number of benzene rings is 1. The molecule has 0 bridgehead atoms. The van der Waals surface area contributed by atoms with E-state index >= 15 is 0 Å². The molecule has 0 radical (unpaired) electrons. The van der Waals surface area contributed by atoms with Crippen LogP contribution in [0.5, 0.6) is 5.75 Å². The van der Waals surface area contributed by atoms with Gasteiger partial charge in [0.2, 0.25) is 0 Å². The maximum atomic E-state index is 13.2. The average molecular weight is 500 g/mol. The van der Waals surface area contributed by atoms with Crippen LogP contribution in [0.3, 0.4) is 0 Å². The summed E-state index contributed by atoms with van der Waals surface area (Å²) in [4.78, 5) is 6.47. The fraction of sp³-hybridized carbons (Fsp3) is 0.611. The highest BCUT2D eigenvalue weighted by Crippen LogP contribution is 2.34. The summed E-state index contributed by atoms with van der Waals surface area (Å²) in [5, 5.41) is 6.11. The molecule has 9 heteroatoms. The van der Waals surface area contributed by atoms with E-state index in [1.807, 2.05) is 0 Å². The van der Waals surface area contributed by atoms with Crippen molar-refractivity contribution in [2.24, 2.45) is 4.99 Å². The van der Waals surface area contributed by atoms with Gasteiger partial charge in [0.15, 0.2) is 5.96 Å². The summed E-state index contributed by atoms with van der Waals surface area (Å²) in [6, 6.07) is 3.97. The predicted molar refractivity (Wildman–Crippen MR) is 112 cm³/mol. The van der Waals surface area contributed by atoms with Crippen molar-refractivity contribution in [1.82, 2.24) is 15.5 Å². The van der Waals surface area contributed by atoms with Crippen LogP contribution < -0.4 is 15.4 Å². The summed E-state index contributed by atoms with van der Waals surface area (Å²) in [7, 11) is 2.95. The Hall–Kier alpha value is -1.23. The van der Waals surface area contributed by atoms with E-state index in [9.17, 15) is 13.2 Å². The van der Waals surface area contributed by atoms with Crippen LogP contribution >= 0.6 is 24.0 Å². The Morgan fingerprint density at radius 3 is 2.48 bits per heavy atom. The lowest BCUT2D eigenvalue weighted by Crippen LogP contribution is -2.42. The number of guanidine groups is 1. The molecule has 0 unspecified atom stereocenters. The van der Waals surface area contributed by atoms with Crippen molar-refractivity contribution in [3.05, 3.63) is 29.3 Å². The smallest absolute Gasteiger partial charge is 0.416 e. The van der Waals surface area contributed by atoms with E-state index < -0.39 is 11.7 Å². The summed E-state index contributed by atoms with van der Waals surface area (Å²) >= 11 is 0. The van der Waals surface area contributed by atoms with Gasteiger partial charge in [-0.15, -0.1) is 24.0 Å². The van der Waals surface area contributed by atoms with Gasteiger partial charge >= 0.3 is 6.18 Å². The number of nitrogens with zero attached hydrogens (tertiary/aromatic N) is 2. The Balaban J connectivity index is 0.00000364. The van der Waals surface area contributed by atoms with Gasteiger partial charge in [0.1, 0.15) is 5.75 Å². The van der Waals surface area contributed by atoms with Crippen LogP contribution in [0.25, 0.3) is 0 Å². The van der Waals surface area contributed by atoms with Gasteiger partial charge in [0, 0.05) is 26.7 Å². The van der Waals surface area contributed by atoms with E-state index in [4.69, 9.17) is 4.74 Å². The first-order chi connectivity index (χ1) is 12.4. The third-order valence-electron chi connectivity index (χ3n) is 4.46. The molecule has 0 aliphatic carbocycles. The molecule has 0 atom stereocenters. The van der Waals surface area contributed by atoms with Gasteiger partial charge < -0.3 is 20.3 Å². The number of methoxy groups -OCH3 is 1. The molecule has 0 spiro atoms. The molecule has 0 saturated carbocycles. The molecule has 2 rings (SSSR count).